The first kappa shape index (κ1) is 19.6. The molecule has 0 aliphatic carbocycles. The van der Waals surface area contributed by atoms with E-state index in [0.717, 1.165) is 61.2 Å². The van der Waals surface area contributed by atoms with Crippen LogP contribution in [0.4, 0.5) is 0 Å². The minimum Gasteiger partial charge on any atom is -0.457 e. The number of nitrogens with zero attached hydrogens (tertiary/aromatic N) is 2. The van der Waals surface area contributed by atoms with Crippen LogP contribution in [-0.2, 0) is 11.3 Å². The van der Waals surface area contributed by atoms with Crippen LogP contribution in [0.2, 0.25) is 0 Å². The van der Waals surface area contributed by atoms with Crippen molar-refractivity contribution in [3.8, 4) is 23.0 Å². The van der Waals surface area contributed by atoms with Crippen LogP contribution in [0.15, 0.2) is 59.0 Å². The molecule has 1 fully saturated rings. The van der Waals surface area contributed by atoms with Gasteiger partial charge < -0.3 is 19.6 Å². The number of benzene rings is 2. The van der Waals surface area contributed by atoms with Gasteiger partial charge in [0.05, 0.1) is 18.4 Å². The predicted octanol–water partition coefficient (Wildman–Crippen LogP) is 3.99. The lowest BCUT2D eigenvalue weighted by molar-refractivity contribution is -0.0339. The van der Waals surface area contributed by atoms with E-state index < -0.39 is 0 Å². The number of rotatable bonds is 7. The van der Waals surface area contributed by atoms with E-state index in [1.165, 1.54) is 0 Å². The number of nitrogens with two attached hydrogens (primary N) is 1. The van der Waals surface area contributed by atoms with Gasteiger partial charge in [-0.05, 0) is 50.2 Å². The summed E-state index contributed by atoms with van der Waals surface area (Å²) in [7, 11) is 0. The van der Waals surface area contributed by atoms with E-state index in [1.807, 2.05) is 61.5 Å². The standard InChI is InChI=1S/C23H27N3O3/c1-17-22(16-26-12-13-27-21(15-26)10-11-24)25-23(28-17)18-6-5-9-20(14-18)29-19-7-3-2-4-8-19/h2-9,14,21H,10-13,15-16,24H2,1H3/t21-/m0/s1. The Labute approximate surface area is 171 Å². The van der Waals surface area contributed by atoms with E-state index in [4.69, 9.17) is 24.6 Å². The zero-order valence-electron chi connectivity index (χ0n) is 16.7. The molecule has 0 saturated carbocycles. The predicted molar refractivity (Wildman–Crippen MR) is 112 cm³/mol. The fourth-order valence-corrected chi connectivity index (χ4v) is 3.51. The van der Waals surface area contributed by atoms with Gasteiger partial charge in [-0.25, -0.2) is 4.98 Å². The van der Waals surface area contributed by atoms with Crippen LogP contribution in [0.5, 0.6) is 11.5 Å². The lowest BCUT2D eigenvalue weighted by Gasteiger charge is -2.32. The highest BCUT2D eigenvalue weighted by Gasteiger charge is 2.22. The molecule has 3 aromatic rings. The van der Waals surface area contributed by atoms with Crippen molar-refractivity contribution in [1.29, 1.82) is 0 Å². The van der Waals surface area contributed by atoms with E-state index in [9.17, 15) is 0 Å². The second-order valence-corrected chi connectivity index (χ2v) is 7.27. The maximum atomic E-state index is 5.98. The van der Waals surface area contributed by atoms with Crippen molar-refractivity contribution in [2.24, 2.45) is 5.73 Å². The van der Waals surface area contributed by atoms with Crippen LogP contribution in [0.25, 0.3) is 11.5 Å². The molecule has 0 bridgehead atoms. The van der Waals surface area contributed by atoms with E-state index in [2.05, 4.69) is 4.90 Å². The quantitative estimate of drug-likeness (QED) is 0.654. The number of morpholine rings is 1. The van der Waals surface area contributed by atoms with Crippen LogP contribution in [-0.4, -0.2) is 42.2 Å². The van der Waals surface area contributed by atoms with Crippen LogP contribution >= 0.6 is 0 Å². The Morgan fingerprint density at radius 3 is 2.79 bits per heavy atom. The molecule has 6 nitrogen and oxygen atoms in total. The number of oxazole rings is 1. The molecule has 4 rings (SSSR count). The third kappa shape index (κ3) is 5.03. The Balaban J connectivity index is 1.47. The van der Waals surface area contributed by atoms with Crippen molar-refractivity contribution in [2.75, 3.05) is 26.2 Å². The van der Waals surface area contributed by atoms with Crippen LogP contribution in [0, 0.1) is 6.92 Å². The molecular weight excluding hydrogens is 366 g/mol. The highest BCUT2D eigenvalue weighted by Crippen LogP contribution is 2.28. The highest BCUT2D eigenvalue weighted by atomic mass is 16.5. The molecule has 0 radical (unpaired) electrons. The maximum Gasteiger partial charge on any atom is 0.226 e. The third-order valence-corrected chi connectivity index (χ3v) is 5.04. The molecule has 2 N–H and O–H groups in total. The molecule has 1 aromatic heterocycles. The van der Waals surface area contributed by atoms with E-state index in [1.54, 1.807) is 0 Å². The fraction of sp³-hybridized carbons (Fsp3) is 0.348. The first-order valence-corrected chi connectivity index (χ1v) is 10.0. The van der Waals surface area contributed by atoms with Gasteiger partial charge in [-0.15, -0.1) is 0 Å². The number of para-hydroxylation sites is 1. The van der Waals surface area contributed by atoms with Gasteiger partial charge >= 0.3 is 0 Å². The fourth-order valence-electron chi connectivity index (χ4n) is 3.51. The van der Waals surface area contributed by atoms with Crippen molar-refractivity contribution in [2.45, 2.75) is 26.0 Å². The van der Waals surface area contributed by atoms with Gasteiger partial charge in [-0.1, -0.05) is 24.3 Å². The molecule has 1 aliphatic rings. The molecule has 1 aliphatic heterocycles. The van der Waals surface area contributed by atoms with Crippen molar-refractivity contribution in [1.82, 2.24) is 9.88 Å². The van der Waals surface area contributed by atoms with Gasteiger partial charge in [-0.3, -0.25) is 4.90 Å². The molecule has 1 atom stereocenters. The number of aryl methyl sites for hydroxylation is 1. The summed E-state index contributed by atoms with van der Waals surface area (Å²) in [6.45, 7) is 5.86. The normalized spacial score (nSPS) is 17.4. The monoisotopic (exact) mass is 393 g/mol. The Bertz CT molecular complexity index is 924. The van der Waals surface area contributed by atoms with Crippen molar-refractivity contribution < 1.29 is 13.9 Å². The summed E-state index contributed by atoms with van der Waals surface area (Å²) in [5, 5.41) is 0. The van der Waals surface area contributed by atoms with Crippen LogP contribution in [0.1, 0.15) is 17.9 Å². The van der Waals surface area contributed by atoms with Crippen molar-refractivity contribution in [3.05, 3.63) is 66.1 Å². The summed E-state index contributed by atoms with van der Waals surface area (Å²) in [6, 6.07) is 17.5. The largest absolute Gasteiger partial charge is 0.457 e. The van der Waals surface area contributed by atoms with Gasteiger partial charge in [0.15, 0.2) is 0 Å². The third-order valence-electron chi connectivity index (χ3n) is 5.04. The van der Waals surface area contributed by atoms with Crippen molar-refractivity contribution >= 4 is 0 Å². The van der Waals surface area contributed by atoms with Gasteiger partial charge in [0.1, 0.15) is 17.3 Å². The highest BCUT2D eigenvalue weighted by molar-refractivity contribution is 5.57. The molecule has 0 amide bonds. The summed E-state index contributed by atoms with van der Waals surface area (Å²) in [5.41, 5.74) is 7.53. The molecule has 2 heterocycles. The Hall–Kier alpha value is -2.67. The first-order chi connectivity index (χ1) is 14.2. The molecular formula is C23H27N3O3. The Kier molecular flexibility index (Phi) is 6.24. The maximum absolute atomic E-state index is 5.98. The minimum atomic E-state index is 0.201. The minimum absolute atomic E-state index is 0.201. The van der Waals surface area contributed by atoms with Gasteiger partial charge in [0.2, 0.25) is 5.89 Å². The first-order valence-electron chi connectivity index (χ1n) is 10.0. The van der Waals surface area contributed by atoms with E-state index in [-0.39, 0.29) is 6.10 Å². The summed E-state index contributed by atoms with van der Waals surface area (Å²) >= 11 is 0. The number of hydrogen-bond acceptors (Lipinski definition) is 6. The second kappa shape index (κ2) is 9.22. The van der Waals surface area contributed by atoms with Gasteiger partial charge in [-0.2, -0.15) is 0 Å². The summed E-state index contributed by atoms with van der Waals surface area (Å²) in [5.74, 6) is 3.01. The molecule has 0 unspecified atom stereocenters. The summed E-state index contributed by atoms with van der Waals surface area (Å²) in [6.07, 6.45) is 1.08. The second-order valence-electron chi connectivity index (χ2n) is 7.27. The van der Waals surface area contributed by atoms with E-state index >= 15 is 0 Å². The Morgan fingerprint density at radius 1 is 1.14 bits per heavy atom. The topological polar surface area (TPSA) is 73.8 Å². The van der Waals surface area contributed by atoms with Crippen molar-refractivity contribution in [3.63, 3.8) is 0 Å². The molecule has 2 aromatic carbocycles. The number of hydrogen-bond donors (Lipinski definition) is 1. The summed E-state index contributed by atoms with van der Waals surface area (Å²) in [4.78, 5) is 7.12. The van der Waals surface area contributed by atoms with Gasteiger partial charge in [0.25, 0.3) is 0 Å². The average molecular weight is 393 g/mol. The lowest BCUT2D eigenvalue weighted by atomic mass is 10.2. The van der Waals surface area contributed by atoms with Crippen LogP contribution < -0.4 is 10.5 Å². The summed E-state index contributed by atoms with van der Waals surface area (Å²) < 4.78 is 17.7. The SMILES string of the molecule is Cc1oc(-c2cccc(Oc3ccccc3)c2)nc1CN1CCO[C@@H](CCN)C1. The van der Waals surface area contributed by atoms with E-state index in [0.29, 0.717) is 12.4 Å². The van der Waals surface area contributed by atoms with Gasteiger partial charge in [0, 0.05) is 25.2 Å². The number of ether oxygens (including phenoxy) is 2. The molecule has 1 saturated heterocycles. The van der Waals surface area contributed by atoms with Crippen LogP contribution in [0.3, 0.4) is 0 Å². The molecule has 29 heavy (non-hydrogen) atoms. The zero-order chi connectivity index (χ0) is 20.1. The Morgan fingerprint density at radius 2 is 1.97 bits per heavy atom. The molecule has 6 heteroatoms. The number of aromatic nitrogens is 1. The zero-order valence-corrected chi connectivity index (χ0v) is 16.7. The molecule has 0 spiro atoms. The average Bonchev–Trinajstić information content (AvgIpc) is 3.10. The smallest absolute Gasteiger partial charge is 0.226 e. The molecule has 152 valence electrons. The lowest BCUT2D eigenvalue weighted by Crippen LogP contribution is -2.42.